The Morgan fingerprint density at radius 1 is 0.629 bits per heavy atom. The average molecular weight is 1550 g/mol. The topological polar surface area (TPSA) is 276 Å². The Balaban J connectivity index is 0.000000205. The molecule has 3 aliphatic carbocycles. The molecule has 6 heterocycles. The number of rotatable bonds is 28. The van der Waals surface area contributed by atoms with Crippen LogP contribution in [0.5, 0.6) is 0 Å². The second kappa shape index (κ2) is 40.5. The zero-order valence-electron chi connectivity index (χ0n) is 63.3. The first-order chi connectivity index (χ1) is 49.4. The summed E-state index contributed by atoms with van der Waals surface area (Å²) in [4.78, 5) is 76.2. The number of esters is 1. The minimum atomic E-state index is -0.916. The molecular formula is C77H107F4N11O8S5. The van der Waals surface area contributed by atoms with E-state index >= 15 is 0 Å². The number of hydrogen-bond donors (Lipinski definition) is 6. The quantitative estimate of drug-likeness (QED) is 0.0115. The molecule has 1 saturated heterocycles. The molecule has 11 rings (SSSR count). The SMILES string of the molecule is CC(=O)N[C@@H](Cc1cc(F)cc(F)c1)[C@H](O)CNC1(c2cnc(CC(C)C)s2)CC1.CC(C)(C)OC(=O)N[C@@H](Cc1cc(F)cc(F)c1)[C@H]1CO1.CC(C)Cc1ncc(C2(C(N)=O)CC2)s1.CC(C)Cc1ncc(C2(N)CC2)s1.CCOC(=O)c1cnc(CC(C)C)s1.[C-]#[N+]Cc1cnc(CC(C)C)s1. The first-order valence-electron chi connectivity index (χ1n) is 35.9. The molecular weight excluding hydrogens is 1440 g/mol. The fourth-order valence-corrected chi connectivity index (χ4v) is 16.8. The maximum atomic E-state index is 13.5. The van der Waals surface area contributed by atoms with Crippen LogP contribution in [0, 0.1) is 59.4 Å². The zero-order chi connectivity index (χ0) is 77.6. The van der Waals surface area contributed by atoms with E-state index in [0.717, 1.165) is 117 Å². The first-order valence-corrected chi connectivity index (χ1v) is 40.0. The molecule has 3 amide bonds. The summed E-state index contributed by atoms with van der Waals surface area (Å²) in [6, 6.07) is 5.50. The molecule has 19 nitrogen and oxygen atoms in total. The van der Waals surface area contributed by atoms with Gasteiger partial charge >= 0.3 is 12.1 Å². The van der Waals surface area contributed by atoms with Crippen molar-refractivity contribution in [3.8, 4) is 0 Å². The van der Waals surface area contributed by atoms with Gasteiger partial charge in [0.1, 0.15) is 44.7 Å². The third-order valence-corrected chi connectivity index (χ3v) is 22.1. The second-order valence-corrected chi connectivity index (χ2v) is 35.9. The van der Waals surface area contributed by atoms with Crippen molar-refractivity contribution in [2.75, 3.05) is 19.8 Å². The summed E-state index contributed by atoms with van der Waals surface area (Å²) in [7, 11) is 0. The summed E-state index contributed by atoms with van der Waals surface area (Å²) >= 11 is 8.22. The number of amides is 3. The van der Waals surface area contributed by atoms with Gasteiger partial charge in [0.25, 0.3) is 0 Å². The van der Waals surface area contributed by atoms with E-state index < -0.39 is 47.1 Å². The van der Waals surface area contributed by atoms with E-state index in [1.165, 1.54) is 52.4 Å². The molecule has 8 N–H and O–H groups in total. The van der Waals surface area contributed by atoms with Crippen molar-refractivity contribution in [2.24, 2.45) is 41.1 Å². The molecule has 4 fully saturated rings. The number of alkyl carbamates (subject to hydrolysis) is 1. The third kappa shape index (κ3) is 30.8. The number of epoxide rings is 1. The molecule has 7 aromatic rings. The number of carbonyl (C=O) groups excluding carboxylic acids is 4. The maximum absolute atomic E-state index is 13.5. The molecule has 0 unspecified atom stereocenters. The third-order valence-electron chi connectivity index (χ3n) is 16.4. The largest absolute Gasteiger partial charge is 0.462 e. The van der Waals surface area contributed by atoms with Crippen molar-refractivity contribution in [1.82, 2.24) is 40.9 Å². The van der Waals surface area contributed by atoms with Crippen LogP contribution in [0.4, 0.5) is 22.4 Å². The molecule has 2 aromatic carbocycles. The number of nitrogens with two attached hydrogens (primary N) is 2. The summed E-state index contributed by atoms with van der Waals surface area (Å²) < 4.78 is 68.7. The van der Waals surface area contributed by atoms with E-state index in [2.05, 4.69) is 115 Å². The van der Waals surface area contributed by atoms with Gasteiger partial charge in [-0.3, -0.25) is 9.59 Å². The van der Waals surface area contributed by atoms with E-state index in [1.807, 2.05) is 24.8 Å². The monoisotopic (exact) mass is 1550 g/mol. The highest BCUT2D eigenvalue weighted by Crippen LogP contribution is 2.50. The van der Waals surface area contributed by atoms with Crippen LogP contribution in [-0.4, -0.2) is 104 Å². The van der Waals surface area contributed by atoms with Gasteiger partial charge in [-0.05, 0) is 144 Å². The fourth-order valence-electron chi connectivity index (χ4n) is 10.7. The van der Waals surface area contributed by atoms with Crippen molar-refractivity contribution in [1.29, 1.82) is 0 Å². The minimum absolute atomic E-state index is 0.00684. The predicted octanol–water partition coefficient (Wildman–Crippen LogP) is 15.5. The smallest absolute Gasteiger partial charge is 0.407 e. The fraction of sp³-hybridized carbons (Fsp3) is 0.584. The summed E-state index contributed by atoms with van der Waals surface area (Å²) in [5.41, 5.74) is 11.2. The summed E-state index contributed by atoms with van der Waals surface area (Å²) in [6.07, 6.45) is 18.8. The van der Waals surface area contributed by atoms with Crippen LogP contribution in [0.25, 0.3) is 4.85 Å². The molecule has 0 spiro atoms. The van der Waals surface area contributed by atoms with Gasteiger partial charge in [-0.15, -0.1) is 56.7 Å². The Hall–Kier alpha value is -6.68. The van der Waals surface area contributed by atoms with Gasteiger partial charge in [0, 0.05) is 97.1 Å². The van der Waals surface area contributed by atoms with Gasteiger partial charge in [-0.25, -0.2) is 58.6 Å². The second-order valence-electron chi connectivity index (χ2n) is 30.2. The number of nitrogens with zero attached hydrogens (tertiary/aromatic N) is 6. The van der Waals surface area contributed by atoms with Crippen LogP contribution < -0.4 is 27.4 Å². The van der Waals surface area contributed by atoms with Gasteiger partial charge in [0.15, 0.2) is 0 Å². The predicted molar refractivity (Wildman–Crippen MR) is 410 cm³/mol. The number of halogens is 4. The number of thiazole rings is 5. The Bertz CT molecular complexity index is 3890. The van der Waals surface area contributed by atoms with Gasteiger partial charge < -0.3 is 51.6 Å². The molecule has 5 aromatic heterocycles. The number of ether oxygens (including phenoxy) is 3. The maximum Gasteiger partial charge on any atom is 0.407 e. The molecule has 4 atom stereocenters. The highest BCUT2D eigenvalue weighted by atomic mass is 32.1. The van der Waals surface area contributed by atoms with Crippen LogP contribution in [0.15, 0.2) is 67.4 Å². The van der Waals surface area contributed by atoms with Crippen molar-refractivity contribution >= 4 is 80.6 Å². The lowest BCUT2D eigenvalue weighted by atomic mass is 10.00. The van der Waals surface area contributed by atoms with Crippen molar-refractivity contribution in [3.63, 3.8) is 0 Å². The molecule has 576 valence electrons. The standard InChI is InChI=1S/C22H29F2N3O2S.C15H19F2NO3.C11H16N2OS.C10H16N2S.C10H15NO2S.C9H12N2S/c1-13(2)6-21-25-12-20(30-21)22(4-5-22)26-11-19(29)18(27-14(3)28)9-15-7-16(23)10-17(24)8-15;1-15(2,3)21-14(19)18-12(13-8-20-13)6-9-4-10(16)7-11(17)5-9;1-7(2)5-9-13-6-8(15-9)11(3-4-11)10(12)14;1-7(2)5-9-12-6-8(13-9)10(11)3-4-10;1-4-13-10(12)8-6-11-9(14-8)5-7(2)3;1-7(2)4-9-11-6-8(12-9)5-10-3/h7-8,10,12-13,18-19,26,29H,4-6,9,11H2,1-3H3,(H,27,28);4-5,7,12-13H,6,8H2,1-3H3,(H,18,19);6-7H,3-5H2,1-2H3,(H2,12,14);6-7H,3-5,11H2,1-2H3;6-7H,4-5H2,1-3H3;6-7H,4-5H2,1-2H3/t18-,19+;12-,13+;;;;/m00..../s1. The Morgan fingerprint density at radius 2 is 1.07 bits per heavy atom. The zero-order valence-corrected chi connectivity index (χ0v) is 67.3. The lowest BCUT2D eigenvalue weighted by Crippen LogP contribution is -2.49. The number of aromatic nitrogens is 5. The lowest BCUT2D eigenvalue weighted by Gasteiger charge is -2.26. The van der Waals surface area contributed by atoms with Gasteiger partial charge in [-0.2, -0.15) is 0 Å². The van der Waals surface area contributed by atoms with Crippen molar-refractivity contribution in [2.45, 2.75) is 240 Å². The molecule has 4 aliphatic rings. The molecule has 0 radical (unpaired) electrons. The number of aliphatic hydroxyl groups excluding tert-OH is 1. The molecule has 0 bridgehead atoms. The van der Waals surface area contributed by atoms with Crippen LogP contribution >= 0.6 is 56.7 Å². The van der Waals surface area contributed by atoms with Crippen molar-refractivity contribution < 1.29 is 56.1 Å². The number of primary amides is 1. The van der Waals surface area contributed by atoms with Gasteiger partial charge in [0.05, 0.1) is 79.1 Å². The highest BCUT2D eigenvalue weighted by molar-refractivity contribution is 7.13. The lowest BCUT2D eigenvalue weighted by molar-refractivity contribution is -0.121. The number of carbonyl (C=O) groups is 4. The summed E-state index contributed by atoms with van der Waals surface area (Å²) in [5, 5.41) is 25.2. The van der Waals surface area contributed by atoms with Gasteiger partial charge in [-0.1, -0.05) is 69.2 Å². The highest BCUT2D eigenvalue weighted by Gasteiger charge is 2.51. The summed E-state index contributed by atoms with van der Waals surface area (Å²) in [6.45, 7) is 38.5. The Labute approximate surface area is 637 Å². The van der Waals surface area contributed by atoms with Crippen molar-refractivity contribution in [3.05, 3.63) is 163 Å². The van der Waals surface area contributed by atoms with E-state index in [1.54, 1.807) is 79.2 Å². The number of nitrogens with one attached hydrogen (secondary N) is 3. The molecule has 1 aliphatic heterocycles. The Kier molecular flexibility index (Phi) is 33.6. The van der Waals surface area contributed by atoms with Gasteiger partial charge in [0.2, 0.25) is 18.4 Å². The first kappa shape index (κ1) is 87.2. The minimum Gasteiger partial charge on any atom is -0.462 e. The van der Waals surface area contributed by atoms with Crippen LogP contribution in [-0.2, 0) is 91.8 Å². The Morgan fingerprint density at radius 3 is 1.50 bits per heavy atom. The van der Waals surface area contributed by atoms with Crippen LogP contribution in [0.1, 0.15) is 208 Å². The number of benzene rings is 2. The van der Waals surface area contributed by atoms with E-state index in [-0.39, 0.29) is 65.8 Å². The molecule has 3 saturated carbocycles. The van der Waals surface area contributed by atoms with E-state index in [0.29, 0.717) is 65.4 Å². The van der Waals surface area contributed by atoms with Crippen LogP contribution in [0.2, 0.25) is 0 Å². The van der Waals surface area contributed by atoms with Crippen LogP contribution in [0.3, 0.4) is 0 Å². The average Bonchev–Trinajstić information content (AvgIpc) is 1.65. The number of aliphatic hydroxyl groups is 1. The normalized spacial score (nSPS) is 16.2. The van der Waals surface area contributed by atoms with E-state index in [4.69, 9.17) is 32.3 Å². The molecule has 28 heteroatoms. The summed E-state index contributed by atoms with van der Waals surface area (Å²) in [5.74, 6) is -0.361. The van der Waals surface area contributed by atoms with E-state index in [9.17, 15) is 41.8 Å². The number of hydrogen-bond acceptors (Lipinski definition) is 20. The molecule has 105 heavy (non-hydrogen) atoms.